The lowest BCUT2D eigenvalue weighted by Crippen LogP contribution is -2.40. The van der Waals surface area contributed by atoms with E-state index in [-0.39, 0.29) is 18.5 Å². The predicted octanol–water partition coefficient (Wildman–Crippen LogP) is 4.00. The topological polar surface area (TPSA) is 71.0 Å². The standard InChI is InChI=1S/C22H22F3N5O/c23-22(24,25)21-28-12-15(13-29-21)19(30-10-4-1-5-11-30)14-27-20(31)17-8-9-26-18-7-3-2-6-16(17)18/h2-3,6-9,12-13,19H,1,4-5,10-11,14H2,(H,27,31). The molecule has 4 rings (SSSR count). The fourth-order valence-corrected chi connectivity index (χ4v) is 3.92. The first-order valence-electron chi connectivity index (χ1n) is 10.2. The second kappa shape index (κ2) is 8.97. The lowest BCUT2D eigenvalue weighted by molar-refractivity contribution is -0.145. The average molecular weight is 429 g/mol. The van der Waals surface area contributed by atoms with Crippen molar-refractivity contribution < 1.29 is 18.0 Å². The van der Waals surface area contributed by atoms with Gasteiger partial charge in [0.1, 0.15) is 0 Å². The van der Waals surface area contributed by atoms with E-state index in [9.17, 15) is 18.0 Å². The minimum atomic E-state index is -4.59. The summed E-state index contributed by atoms with van der Waals surface area (Å²) in [5.41, 5.74) is 1.78. The van der Waals surface area contributed by atoms with Gasteiger partial charge in [0.25, 0.3) is 5.91 Å². The molecular formula is C22H22F3N5O. The summed E-state index contributed by atoms with van der Waals surface area (Å²) in [4.78, 5) is 26.4. The quantitative estimate of drug-likeness (QED) is 0.664. The zero-order valence-electron chi connectivity index (χ0n) is 16.8. The van der Waals surface area contributed by atoms with Crippen LogP contribution in [0.1, 0.15) is 47.1 Å². The lowest BCUT2D eigenvalue weighted by atomic mass is 10.0. The van der Waals surface area contributed by atoms with Crippen LogP contribution < -0.4 is 5.32 Å². The van der Waals surface area contributed by atoms with Crippen molar-refractivity contribution in [2.75, 3.05) is 19.6 Å². The Morgan fingerprint density at radius 3 is 2.45 bits per heavy atom. The maximum atomic E-state index is 12.9. The number of aromatic nitrogens is 3. The molecule has 0 bridgehead atoms. The van der Waals surface area contributed by atoms with E-state index < -0.39 is 12.0 Å². The summed E-state index contributed by atoms with van der Waals surface area (Å²) in [6.45, 7) is 1.85. The number of hydrogen-bond donors (Lipinski definition) is 1. The smallest absolute Gasteiger partial charge is 0.350 e. The van der Waals surface area contributed by atoms with Gasteiger partial charge in [-0.1, -0.05) is 24.6 Å². The van der Waals surface area contributed by atoms with Crippen LogP contribution in [-0.2, 0) is 6.18 Å². The number of rotatable bonds is 5. The van der Waals surface area contributed by atoms with Gasteiger partial charge in [0.05, 0.1) is 17.1 Å². The van der Waals surface area contributed by atoms with Gasteiger partial charge >= 0.3 is 6.18 Å². The minimum Gasteiger partial charge on any atom is -0.350 e. The SMILES string of the molecule is O=C(NCC(c1cnc(C(F)(F)F)nc1)N1CCCCC1)c1ccnc2ccccc12. The molecule has 1 unspecified atom stereocenters. The van der Waals surface area contributed by atoms with E-state index in [0.29, 0.717) is 11.1 Å². The van der Waals surface area contributed by atoms with Crippen molar-refractivity contribution >= 4 is 16.8 Å². The summed E-state index contributed by atoms with van der Waals surface area (Å²) in [6.07, 6.45) is 2.54. The van der Waals surface area contributed by atoms with Crippen LogP contribution in [-0.4, -0.2) is 45.4 Å². The number of nitrogens with one attached hydrogen (secondary N) is 1. The number of fused-ring (bicyclic) bond motifs is 1. The zero-order valence-corrected chi connectivity index (χ0v) is 16.8. The first-order valence-corrected chi connectivity index (χ1v) is 10.2. The summed E-state index contributed by atoms with van der Waals surface area (Å²) < 4.78 is 38.5. The summed E-state index contributed by atoms with van der Waals surface area (Å²) in [5, 5.41) is 3.69. The van der Waals surface area contributed by atoms with E-state index in [2.05, 4.69) is 25.2 Å². The van der Waals surface area contributed by atoms with E-state index in [1.54, 1.807) is 12.3 Å². The highest BCUT2D eigenvalue weighted by Crippen LogP contribution is 2.28. The molecule has 3 heterocycles. The molecule has 2 aromatic heterocycles. The number of pyridine rings is 1. The van der Waals surface area contributed by atoms with Crippen molar-refractivity contribution in [1.82, 2.24) is 25.2 Å². The summed E-state index contributed by atoms with van der Waals surface area (Å²) in [6, 6.07) is 8.73. The highest BCUT2D eigenvalue weighted by atomic mass is 19.4. The molecule has 1 aliphatic rings. The van der Waals surface area contributed by atoms with Crippen LogP contribution in [0.15, 0.2) is 48.9 Å². The number of para-hydroxylation sites is 1. The normalized spacial score (nSPS) is 16.2. The highest BCUT2D eigenvalue weighted by molar-refractivity contribution is 6.05. The van der Waals surface area contributed by atoms with Crippen molar-refractivity contribution in [2.24, 2.45) is 0 Å². The van der Waals surface area contributed by atoms with Gasteiger partial charge < -0.3 is 5.32 Å². The van der Waals surface area contributed by atoms with Crippen molar-refractivity contribution in [3.63, 3.8) is 0 Å². The molecule has 31 heavy (non-hydrogen) atoms. The fraction of sp³-hybridized carbons (Fsp3) is 0.364. The molecule has 1 fully saturated rings. The number of carbonyl (C=O) groups excluding carboxylic acids is 1. The Kier molecular flexibility index (Phi) is 6.13. The van der Waals surface area contributed by atoms with E-state index in [1.165, 1.54) is 12.4 Å². The number of amides is 1. The predicted molar refractivity (Wildman–Crippen MR) is 109 cm³/mol. The van der Waals surface area contributed by atoms with Gasteiger partial charge in [0.2, 0.25) is 5.82 Å². The van der Waals surface area contributed by atoms with Crippen molar-refractivity contribution in [3.8, 4) is 0 Å². The van der Waals surface area contributed by atoms with Crippen LogP contribution in [0.2, 0.25) is 0 Å². The first kappa shape index (κ1) is 21.2. The minimum absolute atomic E-state index is 0.240. The van der Waals surface area contributed by atoms with Crippen LogP contribution in [0, 0.1) is 0 Å². The van der Waals surface area contributed by atoms with Crippen molar-refractivity contribution in [3.05, 3.63) is 65.9 Å². The molecule has 9 heteroatoms. The van der Waals surface area contributed by atoms with Crippen LogP contribution in [0.3, 0.4) is 0 Å². The molecule has 0 saturated carbocycles. The molecule has 1 aliphatic heterocycles. The van der Waals surface area contributed by atoms with E-state index in [4.69, 9.17) is 0 Å². The third-order valence-electron chi connectivity index (χ3n) is 5.49. The van der Waals surface area contributed by atoms with Crippen LogP contribution >= 0.6 is 0 Å². The summed E-state index contributed by atoms with van der Waals surface area (Å²) in [5.74, 6) is -1.42. The number of alkyl halides is 3. The number of nitrogens with zero attached hydrogens (tertiary/aromatic N) is 4. The van der Waals surface area contributed by atoms with Gasteiger partial charge in [0, 0.05) is 36.1 Å². The highest BCUT2D eigenvalue weighted by Gasteiger charge is 2.35. The Labute approximate surface area is 177 Å². The van der Waals surface area contributed by atoms with Gasteiger partial charge in [0.15, 0.2) is 0 Å². The lowest BCUT2D eigenvalue weighted by Gasteiger charge is -2.34. The monoisotopic (exact) mass is 429 g/mol. The van der Waals surface area contributed by atoms with Gasteiger partial charge in [-0.15, -0.1) is 0 Å². The first-order chi connectivity index (χ1) is 14.9. The Morgan fingerprint density at radius 1 is 1.03 bits per heavy atom. The fourth-order valence-electron chi connectivity index (χ4n) is 3.92. The van der Waals surface area contributed by atoms with Crippen molar-refractivity contribution in [2.45, 2.75) is 31.5 Å². The van der Waals surface area contributed by atoms with Crippen LogP contribution in [0.4, 0.5) is 13.2 Å². The largest absolute Gasteiger partial charge is 0.451 e. The van der Waals surface area contributed by atoms with Crippen molar-refractivity contribution in [1.29, 1.82) is 0 Å². The van der Waals surface area contributed by atoms with Gasteiger partial charge in [-0.3, -0.25) is 14.7 Å². The van der Waals surface area contributed by atoms with Crippen LogP contribution in [0.25, 0.3) is 10.9 Å². The molecule has 1 N–H and O–H groups in total. The molecule has 1 amide bonds. The number of piperidine rings is 1. The molecule has 0 aliphatic carbocycles. The van der Waals surface area contributed by atoms with Gasteiger partial charge in [-0.2, -0.15) is 13.2 Å². The molecule has 1 aromatic carbocycles. The number of halogens is 3. The van der Waals surface area contributed by atoms with Gasteiger partial charge in [-0.25, -0.2) is 9.97 Å². The van der Waals surface area contributed by atoms with E-state index >= 15 is 0 Å². The number of benzene rings is 1. The Bertz CT molecular complexity index is 1040. The summed E-state index contributed by atoms with van der Waals surface area (Å²) in [7, 11) is 0. The van der Waals surface area contributed by atoms with E-state index in [1.807, 2.05) is 24.3 Å². The maximum Gasteiger partial charge on any atom is 0.451 e. The number of hydrogen-bond acceptors (Lipinski definition) is 5. The Balaban J connectivity index is 1.55. The third kappa shape index (κ3) is 4.82. The van der Waals surface area contributed by atoms with E-state index in [0.717, 1.165) is 43.3 Å². The zero-order chi connectivity index (χ0) is 21.8. The Hall–Kier alpha value is -3.07. The third-order valence-corrected chi connectivity index (χ3v) is 5.49. The molecule has 1 atom stereocenters. The second-order valence-corrected chi connectivity index (χ2v) is 7.54. The number of likely N-dealkylation sites (tertiary alicyclic amines) is 1. The molecular weight excluding hydrogens is 407 g/mol. The molecule has 3 aromatic rings. The molecule has 0 spiro atoms. The molecule has 1 saturated heterocycles. The summed E-state index contributed by atoms with van der Waals surface area (Å²) >= 11 is 0. The number of carbonyl (C=O) groups is 1. The molecule has 0 radical (unpaired) electrons. The van der Waals surface area contributed by atoms with Crippen LogP contribution in [0.5, 0.6) is 0 Å². The second-order valence-electron chi connectivity index (χ2n) is 7.54. The average Bonchev–Trinajstić information content (AvgIpc) is 2.79. The molecule has 162 valence electrons. The van der Waals surface area contributed by atoms with Gasteiger partial charge in [-0.05, 0) is 38.1 Å². The Morgan fingerprint density at radius 2 is 1.74 bits per heavy atom. The maximum absolute atomic E-state index is 12.9. The molecule has 6 nitrogen and oxygen atoms in total.